The van der Waals surface area contributed by atoms with E-state index in [1.54, 1.807) is 6.92 Å². The van der Waals surface area contributed by atoms with Crippen molar-refractivity contribution in [3.63, 3.8) is 0 Å². The molecule has 1 fully saturated rings. The van der Waals surface area contributed by atoms with Gasteiger partial charge in [-0.15, -0.1) is 0 Å². The van der Waals surface area contributed by atoms with Crippen LogP contribution in [-0.2, 0) is 4.79 Å². The molecule has 1 aliphatic heterocycles. The van der Waals surface area contributed by atoms with Gasteiger partial charge in [0, 0.05) is 24.2 Å². The third-order valence-electron chi connectivity index (χ3n) is 3.72. The molecule has 0 radical (unpaired) electrons. The van der Waals surface area contributed by atoms with Crippen LogP contribution in [0.4, 0.5) is 5.69 Å². The Kier molecular flexibility index (Phi) is 4.13. The molecule has 2 atom stereocenters. The molecule has 7 nitrogen and oxygen atoms in total. The van der Waals surface area contributed by atoms with E-state index >= 15 is 0 Å². The predicted molar refractivity (Wildman–Crippen MR) is 74.3 cm³/mol. The van der Waals surface area contributed by atoms with Crippen LogP contribution in [0.15, 0.2) is 18.2 Å². The number of likely N-dealkylation sites (tertiary alicyclic amines) is 1. The summed E-state index contributed by atoms with van der Waals surface area (Å²) >= 11 is 5.78. The monoisotopic (exact) mass is 312 g/mol. The van der Waals surface area contributed by atoms with Gasteiger partial charge in [0.2, 0.25) is 0 Å². The summed E-state index contributed by atoms with van der Waals surface area (Å²) in [7, 11) is 0. The van der Waals surface area contributed by atoms with E-state index in [9.17, 15) is 19.7 Å². The van der Waals surface area contributed by atoms with Crippen LogP contribution in [0.2, 0.25) is 5.02 Å². The van der Waals surface area contributed by atoms with Crippen LogP contribution in [-0.4, -0.2) is 39.4 Å². The molecule has 1 aromatic rings. The SMILES string of the molecule is CC1C(C(=O)O)CCN1C(=O)c1ccc([N+](=O)[O-])c(Cl)c1. The fourth-order valence-corrected chi connectivity index (χ4v) is 2.76. The van der Waals surface area contributed by atoms with Gasteiger partial charge in [0.25, 0.3) is 11.6 Å². The lowest BCUT2D eigenvalue weighted by atomic mass is 10.0. The van der Waals surface area contributed by atoms with E-state index in [-0.39, 0.29) is 22.2 Å². The molecular weight excluding hydrogens is 300 g/mol. The number of rotatable bonds is 3. The summed E-state index contributed by atoms with van der Waals surface area (Å²) < 4.78 is 0. The molecule has 0 bridgehead atoms. The summed E-state index contributed by atoms with van der Waals surface area (Å²) in [5.41, 5.74) is -0.0606. The van der Waals surface area contributed by atoms with E-state index in [0.717, 1.165) is 0 Å². The molecule has 0 saturated carbocycles. The standard InChI is InChI=1S/C13H13ClN2O5/c1-7-9(13(18)19)4-5-15(7)12(17)8-2-3-11(16(20)21)10(14)6-8/h2-3,6-7,9H,4-5H2,1H3,(H,18,19). The summed E-state index contributed by atoms with van der Waals surface area (Å²) in [5, 5.41) is 19.6. The van der Waals surface area contributed by atoms with Gasteiger partial charge in [-0.25, -0.2) is 0 Å². The summed E-state index contributed by atoms with van der Waals surface area (Å²) in [5.74, 6) is -1.90. The number of hydrogen-bond acceptors (Lipinski definition) is 4. The van der Waals surface area contributed by atoms with Crippen molar-refractivity contribution in [2.24, 2.45) is 5.92 Å². The first-order valence-corrected chi connectivity index (χ1v) is 6.68. The Morgan fingerprint density at radius 2 is 2.14 bits per heavy atom. The number of aliphatic carboxylic acids is 1. The highest BCUT2D eigenvalue weighted by molar-refractivity contribution is 6.33. The molecule has 0 aliphatic carbocycles. The topological polar surface area (TPSA) is 101 Å². The maximum atomic E-state index is 12.4. The van der Waals surface area contributed by atoms with Gasteiger partial charge in [0.05, 0.1) is 10.8 Å². The Morgan fingerprint density at radius 1 is 1.48 bits per heavy atom. The van der Waals surface area contributed by atoms with Crippen LogP contribution < -0.4 is 0 Å². The van der Waals surface area contributed by atoms with E-state index in [1.807, 2.05) is 0 Å². The predicted octanol–water partition coefficient (Wildman–Crippen LogP) is 2.18. The third-order valence-corrected chi connectivity index (χ3v) is 4.03. The van der Waals surface area contributed by atoms with Crippen molar-refractivity contribution in [1.29, 1.82) is 0 Å². The van der Waals surface area contributed by atoms with Crippen LogP contribution in [0.3, 0.4) is 0 Å². The van der Waals surface area contributed by atoms with E-state index in [1.165, 1.54) is 23.1 Å². The second kappa shape index (κ2) is 5.69. The molecule has 1 heterocycles. The summed E-state index contributed by atoms with van der Waals surface area (Å²) in [6, 6.07) is 3.31. The van der Waals surface area contributed by atoms with Gasteiger partial charge < -0.3 is 10.0 Å². The zero-order valence-corrected chi connectivity index (χ0v) is 11.9. The second-order valence-electron chi connectivity index (χ2n) is 4.90. The molecule has 1 aromatic carbocycles. The number of carboxylic acid groups (broad SMARTS) is 1. The van der Waals surface area contributed by atoms with Crippen molar-refractivity contribution in [2.75, 3.05) is 6.54 Å². The molecule has 8 heteroatoms. The molecule has 0 spiro atoms. The number of carboxylic acids is 1. The number of nitro benzene ring substituents is 1. The Hall–Kier alpha value is -2.15. The molecule has 2 rings (SSSR count). The number of carbonyl (C=O) groups is 2. The van der Waals surface area contributed by atoms with Crippen LogP contribution in [0.25, 0.3) is 0 Å². The lowest BCUT2D eigenvalue weighted by molar-refractivity contribution is -0.384. The summed E-state index contributed by atoms with van der Waals surface area (Å²) in [6.07, 6.45) is 0.392. The molecule has 1 N–H and O–H groups in total. The highest BCUT2D eigenvalue weighted by Crippen LogP contribution is 2.29. The van der Waals surface area contributed by atoms with Crippen molar-refractivity contribution in [3.05, 3.63) is 38.9 Å². The van der Waals surface area contributed by atoms with Gasteiger partial charge >= 0.3 is 5.97 Å². The highest BCUT2D eigenvalue weighted by atomic mass is 35.5. The second-order valence-corrected chi connectivity index (χ2v) is 5.30. The number of benzene rings is 1. The molecule has 1 aliphatic rings. The van der Waals surface area contributed by atoms with E-state index in [4.69, 9.17) is 16.7 Å². The minimum Gasteiger partial charge on any atom is -0.481 e. The van der Waals surface area contributed by atoms with Crippen LogP contribution >= 0.6 is 11.6 Å². The molecule has 21 heavy (non-hydrogen) atoms. The fraction of sp³-hybridized carbons (Fsp3) is 0.385. The summed E-state index contributed by atoms with van der Waals surface area (Å²) in [6.45, 7) is 2.02. The zero-order valence-electron chi connectivity index (χ0n) is 11.2. The molecule has 2 unspecified atom stereocenters. The Labute approximate surface area is 125 Å². The number of amides is 1. The first kappa shape index (κ1) is 15.2. The van der Waals surface area contributed by atoms with Gasteiger partial charge in [-0.1, -0.05) is 11.6 Å². The zero-order chi connectivity index (χ0) is 15.7. The van der Waals surface area contributed by atoms with Crippen molar-refractivity contribution >= 4 is 29.2 Å². The van der Waals surface area contributed by atoms with Crippen LogP contribution in [0.1, 0.15) is 23.7 Å². The smallest absolute Gasteiger partial charge is 0.308 e. The maximum Gasteiger partial charge on any atom is 0.308 e. The summed E-state index contributed by atoms with van der Waals surface area (Å²) in [4.78, 5) is 34.9. The van der Waals surface area contributed by atoms with Gasteiger partial charge in [0.1, 0.15) is 5.02 Å². The van der Waals surface area contributed by atoms with Crippen molar-refractivity contribution in [2.45, 2.75) is 19.4 Å². The lowest BCUT2D eigenvalue weighted by Gasteiger charge is -2.23. The minimum atomic E-state index is -0.931. The Balaban J connectivity index is 2.23. The molecule has 1 saturated heterocycles. The van der Waals surface area contributed by atoms with Crippen molar-refractivity contribution < 1.29 is 19.6 Å². The largest absolute Gasteiger partial charge is 0.481 e. The minimum absolute atomic E-state index is 0.118. The maximum absolute atomic E-state index is 12.4. The van der Waals surface area contributed by atoms with Gasteiger partial charge in [0.15, 0.2) is 0 Å². The molecule has 112 valence electrons. The van der Waals surface area contributed by atoms with Crippen molar-refractivity contribution in [1.82, 2.24) is 4.90 Å². The number of nitro groups is 1. The van der Waals surface area contributed by atoms with E-state index < -0.39 is 22.9 Å². The quantitative estimate of drug-likeness (QED) is 0.681. The first-order valence-electron chi connectivity index (χ1n) is 6.30. The number of nitrogens with zero attached hydrogens (tertiary/aromatic N) is 2. The van der Waals surface area contributed by atoms with Crippen LogP contribution in [0.5, 0.6) is 0 Å². The average molecular weight is 313 g/mol. The highest BCUT2D eigenvalue weighted by Gasteiger charge is 2.38. The number of halogens is 1. The number of carbonyl (C=O) groups excluding carboxylic acids is 1. The van der Waals surface area contributed by atoms with Crippen LogP contribution in [0, 0.1) is 16.0 Å². The Bertz CT molecular complexity index is 619. The molecule has 1 amide bonds. The third kappa shape index (κ3) is 2.82. The van der Waals surface area contributed by atoms with E-state index in [0.29, 0.717) is 13.0 Å². The molecule has 0 aromatic heterocycles. The first-order chi connectivity index (χ1) is 9.82. The van der Waals surface area contributed by atoms with Gasteiger partial charge in [-0.2, -0.15) is 0 Å². The lowest BCUT2D eigenvalue weighted by Crippen LogP contribution is -2.37. The number of hydrogen-bond donors (Lipinski definition) is 1. The fourth-order valence-electron chi connectivity index (χ4n) is 2.51. The normalized spacial score (nSPS) is 21.3. The van der Waals surface area contributed by atoms with Crippen molar-refractivity contribution in [3.8, 4) is 0 Å². The van der Waals surface area contributed by atoms with E-state index in [2.05, 4.69) is 0 Å². The van der Waals surface area contributed by atoms with Gasteiger partial charge in [-0.3, -0.25) is 19.7 Å². The Morgan fingerprint density at radius 3 is 2.62 bits per heavy atom. The molecular formula is C13H13ClN2O5. The van der Waals surface area contributed by atoms with Gasteiger partial charge in [-0.05, 0) is 25.5 Å². The average Bonchev–Trinajstić information content (AvgIpc) is 2.79.